The van der Waals surface area contributed by atoms with Gasteiger partial charge < -0.3 is 0 Å². The summed E-state index contributed by atoms with van der Waals surface area (Å²) >= 11 is 12.6. The fraction of sp³-hybridized carbons (Fsp3) is 0. The standard InChI is InChI=1S/C26H17ClN4O2S2/c27-21-14-8-7-13-20(21)24(32)29-31-25(33)22(35-26(31)34)15-18-16-30(19-11-5-2-6-12-19)28-23(18)17-9-3-1-4-10-17/h1-16H,(H,29,32)/b22-15-. The van der Waals surface area contributed by atoms with Crippen LogP contribution in [0.5, 0.6) is 0 Å². The van der Waals surface area contributed by atoms with Crippen LogP contribution in [0.2, 0.25) is 5.02 Å². The van der Waals surface area contributed by atoms with Crippen LogP contribution >= 0.6 is 35.6 Å². The van der Waals surface area contributed by atoms with Crippen molar-refractivity contribution in [1.29, 1.82) is 0 Å². The van der Waals surface area contributed by atoms with E-state index in [1.807, 2.05) is 66.9 Å². The molecule has 0 atom stereocenters. The number of thiocarbonyl (C=S) groups is 1. The maximum atomic E-state index is 13.2. The van der Waals surface area contributed by atoms with Crippen molar-refractivity contribution in [2.24, 2.45) is 0 Å². The Labute approximate surface area is 216 Å². The van der Waals surface area contributed by atoms with Crippen molar-refractivity contribution in [3.63, 3.8) is 0 Å². The van der Waals surface area contributed by atoms with E-state index in [1.165, 1.54) is 0 Å². The number of nitrogens with one attached hydrogen (secondary N) is 1. The number of thioether (sulfide) groups is 1. The molecule has 6 nitrogen and oxygen atoms in total. The van der Waals surface area contributed by atoms with E-state index in [0.717, 1.165) is 39.3 Å². The van der Waals surface area contributed by atoms with Crippen molar-refractivity contribution in [1.82, 2.24) is 20.2 Å². The first-order valence-corrected chi connectivity index (χ1v) is 12.2. The second-order valence-electron chi connectivity index (χ2n) is 7.52. The lowest BCUT2D eigenvalue weighted by Crippen LogP contribution is -2.44. The number of carbonyl (C=O) groups is 2. The molecule has 1 N–H and O–H groups in total. The molecule has 2 heterocycles. The third-order valence-corrected chi connectivity index (χ3v) is 6.85. The molecule has 1 aliphatic rings. The van der Waals surface area contributed by atoms with E-state index < -0.39 is 11.8 Å². The van der Waals surface area contributed by atoms with Gasteiger partial charge in [0.2, 0.25) is 0 Å². The zero-order valence-corrected chi connectivity index (χ0v) is 20.5. The van der Waals surface area contributed by atoms with Gasteiger partial charge >= 0.3 is 0 Å². The summed E-state index contributed by atoms with van der Waals surface area (Å²) in [4.78, 5) is 26.2. The molecule has 1 aromatic heterocycles. The van der Waals surface area contributed by atoms with Gasteiger partial charge in [0.25, 0.3) is 11.8 Å². The number of hydrogen-bond donors (Lipinski definition) is 1. The molecule has 1 fully saturated rings. The number of hydrogen-bond acceptors (Lipinski definition) is 5. The molecular weight excluding hydrogens is 500 g/mol. The molecule has 0 unspecified atom stereocenters. The van der Waals surface area contributed by atoms with Gasteiger partial charge in [-0.3, -0.25) is 15.0 Å². The Morgan fingerprint density at radius 1 is 0.971 bits per heavy atom. The molecule has 1 aliphatic heterocycles. The SMILES string of the molecule is O=C(NN1C(=O)/C(=C/c2cn(-c3ccccc3)nc2-c2ccccc2)SC1=S)c1ccccc1Cl. The zero-order valence-electron chi connectivity index (χ0n) is 18.1. The fourth-order valence-corrected chi connectivity index (χ4v) is 4.93. The van der Waals surface area contributed by atoms with Gasteiger partial charge in [-0.25, -0.2) is 4.68 Å². The van der Waals surface area contributed by atoms with E-state index in [9.17, 15) is 9.59 Å². The molecular formula is C26H17ClN4O2S2. The summed E-state index contributed by atoms with van der Waals surface area (Å²) in [6.07, 6.45) is 3.61. The number of halogens is 1. The minimum atomic E-state index is -0.518. The Bertz CT molecular complexity index is 1470. The molecule has 0 saturated carbocycles. The normalized spacial score (nSPS) is 14.5. The van der Waals surface area contributed by atoms with Crippen molar-refractivity contribution in [2.45, 2.75) is 0 Å². The number of amides is 2. The Hall–Kier alpha value is -3.72. The van der Waals surface area contributed by atoms with E-state index in [2.05, 4.69) is 5.43 Å². The molecule has 0 bridgehead atoms. The van der Waals surface area contributed by atoms with Gasteiger partial charge in [0.05, 0.1) is 26.9 Å². The van der Waals surface area contributed by atoms with Gasteiger partial charge in [-0.2, -0.15) is 10.1 Å². The first-order chi connectivity index (χ1) is 17.0. The van der Waals surface area contributed by atoms with Crippen LogP contribution in [0.15, 0.2) is 96.0 Å². The van der Waals surface area contributed by atoms with Crippen molar-refractivity contribution < 1.29 is 9.59 Å². The number of rotatable bonds is 5. The summed E-state index contributed by atoms with van der Waals surface area (Å²) in [6, 6.07) is 26.1. The molecule has 0 aliphatic carbocycles. The van der Waals surface area contributed by atoms with Crippen LogP contribution in [0, 0.1) is 0 Å². The summed E-state index contributed by atoms with van der Waals surface area (Å²) in [6.45, 7) is 0. The second-order valence-corrected chi connectivity index (χ2v) is 9.60. The smallest absolute Gasteiger partial charge is 0.267 e. The van der Waals surface area contributed by atoms with E-state index >= 15 is 0 Å². The molecule has 0 spiro atoms. The number of hydrazine groups is 1. The molecule has 9 heteroatoms. The van der Waals surface area contributed by atoms with Gasteiger partial charge in [0, 0.05) is 17.3 Å². The van der Waals surface area contributed by atoms with Crippen LogP contribution in [0.4, 0.5) is 0 Å². The van der Waals surface area contributed by atoms with Gasteiger partial charge in [0.15, 0.2) is 4.32 Å². The predicted molar refractivity (Wildman–Crippen MR) is 143 cm³/mol. The third kappa shape index (κ3) is 4.77. The van der Waals surface area contributed by atoms with Crippen LogP contribution in [-0.2, 0) is 4.79 Å². The van der Waals surface area contributed by atoms with E-state index in [4.69, 9.17) is 28.9 Å². The van der Waals surface area contributed by atoms with Gasteiger partial charge in [-0.1, -0.05) is 84.0 Å². The number of para-hydroxylation sites is 1. The molecule has 35 heavy (non-hydrogen) atoms. The monoisotopic (exact) mass is 516 g/mol. The van der Waals surface area contributed by atoms with Gasteiger partial charge in [-0.05, 0) is 42.6 Å². The molecule has 4 aromatic rings. The van der Waals surface area contributed by atoms with E-state index in [0.29, 0.717) is 4.91 Å². The van der Waals surface area contributed by atoms with Crippen molar-refractivity contribution in [3.8, 4) is 16.9 Å². The van der Waals surface area contributed by atoms with Crippen LogP contribution in [0.1, 0.15) is 15.9 Å². The number of aromatic nitrogens is 2. The lowest BCUT2D eigenvalue weighted by molar-refractivity contribution is -0.123. The van der Waals surface area contributed by atoms with Crippen LogP contribution < -0.4 is 5.43 Å². The van der Waals surface area contributed by atoms with Crippen LogP contribution in [0.3, 0.4) is 0 Å². The molecule has 5 rings (SSSR count). The highest BCUT2D eigenvalue weighted by Crippen LogP contribution is 2.34. The average molecular weight is 517 g/mol. The predicted octanol–water partition coefficient (Wildman–Crippen LogP) is 5.74. The Kier molecular flexibility index (Phi) is 6.50. The molecule has 172 valence electrons. The second kappa shape index (κ2) is 9.87. The summed E-state index contributed by atoms with van der Waals surface area (Å²) in [7, 11) is 0. The number of nitrogens with zero attached hydrogens (tertiary/aromatic N) is 3. The topological polar surface area (TPSA) is 67.2 Å². The third-order valence-electron chi connectivity index (χ3n) is 5.22. The largest absolute Gasteiger partial charge is 0.285 e. The number of benzene rings is 3. The minimum absolute atomic E-state index is 0.221. The Balaban J connectivity index is 1.48. The van der Waals surface area contributed by atoms with Crippen molar-refractivity contribution >= 4 is 57.8 Å². The first kappa shape index (κ1) is 23.0. The van der Waals surface area contributed by atoms with Crippen molar-refractivity contribution in [2.75, 3.05) is 0 Å². The van der Waals surface area contributed by atoms with Gasteiger partial charge in [-0.15, -0.1) is 0 Å². The highest BCUT2D eigenvalue weighted by atomic mass is 35.5. The summed E-state index contributed by atoms with van der Waals surface area (Å²) in [5.41, 5.74) is 6.09. The Morgan fingerprint density at radius 2 is 1.63 bits per heavy atom. The summed E-state index contributed by atoms with van der Waals surface area (Å²) < 4.78 is 1.99. The van der Waals surface area contributed by atoms with Gasteiger partial charge in [0.1, 0.15) is 0 Å². The highest BCUT2D eigenvalue weighted by molar-refractivity contribution is 8.26. The average Bonchev–Trinajstić information content (AvgIpc) is 3.42. The van der Waals surface area contributed by atoms with E-state index in [-0.39, 0.29) is 14.9 Å². The zero-order chi connectivity index (χ0) is 24.4. The molecule has 3 aromatic carbocycles. The quantitative estimate of drug-likeness (QED) is 0.271. The Morgan fingerprint density at radius 3 is 2.34 bits per heavy atom. The fourth-order valence-electron chi connectivity index (χ4n) is 3.54. The molecule has 2 amide bonds. The van der Waals surface area contributed by atoms with Crippen molar-refractivity contribution in [3.05, 3.63) is 112 Å². The lowest BCUT2D eigenvalue weighted by Gasteiger charge is -2.16. The lowest BCUT2D eigenvalue weighted by atomic mass is 10.1. The van der Waals surface area contributed by atoms with Crippen LogP contribution in [0.25, 0.3) is 23.0 Å². The maximum Gasteiger partial charge on any atom is 0.285 e. The first-order valence-electron chi connectivity index (χ1n) is 10.6. The minimum Gasteiger partial charge on any atom is -0.267 e. The maximum absolute atomic E-state index is 13.2. The summed E-state index contributed by atoms with van der Waals surface area (Å²) in [5, 5.41) is 6.13. The summed E-state index contributed by atoms with van der Waals surface area (Å²) in [5.74, 6) is -0.943. The molecule has 0 radical (unpaired) electrons. The molecule has 1 saturated heterocycles. The highest BCUT2D eigenvalue weighted by Gasteiger charge is 2.34. The number of carbonyl (C=O) groups excluding carboxylic acids is 2. The van der Waals surface area contributed by atoms with Crippen LogP contribution in [-0.4, -0.2) is 30.9 Å². The van der Waals surface area contributed by atoms with E-state index in [1.54, 1.807) is 35.0 Å².